The molecule has 1 saturated heterocycles. The van der Waals surface area contributed by atoms with E-state index in [1.807, 2.05) is 13.8 Å². The molecule has 3 fully saturated rings. The highest BCUT2D eigenvalue weighted by atomic mass is 19.4. The fraction of sp³-hybridized carbons (Fsp3) is 0.586. The molecule has 1 aromatic heterocycles. The van der Waals surface area contributed by atoms with Crippen molar-refractivity contribution in [1.82, 2.24) is 20.0 Å². The van der Waals surface area contributed by atoms with Crippen LogP contribution in [0, 0.1) is 23.6 Å². The van der Waals surface area contributed by atoms with E-state index in [4.69, 9.17) is 4.74 Å². The number of hydrogen-bond donors (Lipinski definition) is 2. The van der Waals surface area contributed by atoms with E-state index in [9.17, 15) is 27.6 Å². The van der Waals surface area contributed by atoms with Crippen molar-refractivity contribution in [3.63, 3.8) is 0 Å². The highest BCUT2D eigenvalue weighted by Gasteiger charge is 2.49. The summed E-state index contributed by atoms with van der Waals surface area (Å²) in [6.45, 7) is 2.90. The third-order valence-corrected chi connectivity index (χ3v) is 8.15. The number of amides is 3. The highest BCUT2D eigenvalue weighted by Crippen LogP contribution is 2.51. The highest BCUT2D eigenvalue weighted by molar-refractivity contribution is 6.01. The van der Waals surface area contributed by atoms with Gasteiger partial charge < -0.3 is 20.3 Å². The summed E-state index contributed by atoms with van der Waals surface area (Å²) >= 11 is 0. The van der Waals surface area contributed by atoms with E-state index < -0.39 is 54.8 Å². The first-order valence-electron chi connectivity index (χ1n) is 14.3. The molecule has 2 heterocycles. The third kappa shape index (κ3) is 6.77. The molecule has 42 heavy (non-hydrogen) atoms. The molecule has 1 aliphatic heterocycles. The number of rotatable bonds is 10. The summed E-state index contributed by atoms with van der Waals surface area (Å²) in [6.07, 6.45) is 0.272. The van der Waals surface area contributed by atoms with E-state index in [1.165, 1.54) is 18.3 Å². The Labute approximate surface area is 240 Å². The molecule has 0 spiro atoms. The van der Waals surface area contributed by atoms with Crippen molar-refractivity contribution in [1.29, 1.82) is 0 Å². The summed E-state index contributed by atoms with van der Waals surface area (Å²) in [5, 5.41) is 9.70. The summed E-state index contributed by atoms with van der Waals surface area (Å²) in [7, 11) is 0. The van der Waals surface area contributed by atoms with Crippen LogP contribution in [-0.4, -0.2) is 70.4 Å². The summed E-state index contributed by atoms with van der Waals surface area (Å²) in [4.78, 5) is 40.3. The van der Waals surface area contributed by atoms with Gasteiger partial charge in [-0.3, -0.25) is 19.1 Å². The van der Waals surface area contributed by atoms with Gasteiger partial charge in [0.2, 0.25) is 11.8 Å². The van der Waals surface area contributed by atoms with Gasteiger partial charge in [-0.1, -0.05) is 6.07 Å². The molecule has 3 aliphatic rings. The molecule has 2 aliphatic carbocycles. The lowest BCUT2D eigenvalue weighted by atomic mass is 9.88. The minimum Gasteiger partial charge on any atom is -0.377 e. The Morgan fingerprint density at radius 1 is 1.10 bits per heavy atom. The standard InChI is InChI=1S/C29H35F4N5O4/c1-16(2)38-22(9-10-34-38)27(40)36-26(25(18-4-5-18)19-6-7-19)28(41)35-21-8-3-17(13-20(21)30)14-24(39)37-11-12-42-15-23(37)29(31,32)33/h3,8-10,13,16,18-19,23,25-26H,4-7,11-12,14-15H2,1-2H3,(H,35,41)(H,36,40). The lowest BCUT2D eigenvalue weighted by molar-refractivity contribution is -0.213. The summed E-state index contributed by atoms with van der Waals surface area (Å²) in [5.74, 6) is -2.11. The molecule has 228 valence electrons. The zero-order valence-electron chi connectivity index (χ0n) is 23.5. The SMILES string of the molecule is CC(C)n1nccc1C(=O)NC(C(=O)Nc1ccc(CC(=O)N2CCOCC2C(F)(F)F)cc1F)C(C1CC1)C1CC1. The molecule has 5 rings (SSSR count). The van der Waals surface area contributed by atoms with E-state index in [2.05, 4.69) is 15.7 Å². The van der Waals surface area contributed by atoms with Crippen LogP contribution in [0.2, 0.25) is 0 Å². The Kier molecular flexibility index (Phi) is 8.58. The van der Waals surface area contributed by atoms with Gasteiger partial charge in [-0.05, 0) is 81.0 Å². The third-order valence-electron chi connectivity index (χ3n) is 8.15. The number of hydrogen-bond acceptors (Lipinski definition) is 5. The van der Waals surface area contributed by atoms with Crippen molar-refractivity contribution in [3.8, 4) is 0 Å². The van der Waals surface area contributed by atoms with Gasteiger partial charge in [0.25, 0.3) is 5.91 Å². The average molecular weight is 594 g/mol. The maximum Gasteiger partial charge on any atom is 0.411 e. The molecule has 2 unspecified atom stereocenters. The number of carbonyl (C=O) groups is 3. The topological polar surface area (TPSA) is 106 Å². The van der Waals surface area contributed by atoms with Crippen LogP contribution in [0.25, 0.3) is 0 Å². The number of nitrogens with one attached hydrogen (secondary N) is 2. The van der Waals surface area contributed by atoms with Crippen LogP contribution in [0.4, 0.5) is 23.2 Å². The smallest absolute Gasteiger partial charge is 0.377 e. The van der Waals surface area contributed by atoms with Crippen molar-refractivity contribution < 1.29 is 36.7 Å². The van der Waals surface area contributed by atoms with Gasteiger partial charge in [0.05, 0.1) is 25.3 Å². The Morgan fingerprint density at radius 3 is 2.38 bits per heavy atom. The zero-order valence-corrected chi connectivity index (χ0v) is 23.5. The molecule has 2 saturated carbocycles. The Morgan fingerprint density at radius 2 is 1.79 bits per heavy atom. The van der Waals surface area contributed by atoms with E-state index in [1.54, 1.807) is 10.7 Å². The largest absolute Gasteiger partial charge is 0.411 e. The minimum atomic E-state index is -4.64. The Balaban J connectivity index is 1.30. The van der Waals surface area contributed by atoms with Crippen molar-refractivity contribution in [2.45, 2.75) is 70.3 Å². The second kappa shape index (κ2) is 12.0. The van der Waals surface area contributed by atoms with Crippen molar-refractivity contribution >= 4 is 23.4 Å². The molecule has 2 aromatic rings. The fourth-order valence-corrected chi connectivity index (χ4v) is 5.78. The number of benzene rings is 1. The monoisotopic (exact) mass is 593 g/mol. The van der Waals surface area contributed by atoms with E-state index >= 15 is 4.39 Å². The molecule has 3 amide bonds. The van der Waals surface area contributed by atoms with E-state index in [0.717, 1.165) is 31.7 Å². The number of morpholine rings is 1. The number of aromatic nitrogens is 2. The summed E-state index contributed by atoms with van der Waals surface area (Å²) in [6, 6.07) is 2.28. The molecule has 2 N–H and O–H groups in total. The number of alkyl halides is 3. The Hall–Kier alpha value is -3.48. The van der Waals surface area contributed by atoms with Gasteiger partial charge >= 0.3 is 6.18 Å². The minimum absolute atomic E-state index is 0.0160. The van der Waals surface area contributed by atoms with Crippen LogP contribution < -0.4 is 10.6 Å². The van der Waals surface area contributed by atoms with Gasteiger partial charge in [-0.15, -0.1) is 0 Å². The second-order valence-corrected chi connectivity index (χ2v) is 11.7. The van der Waals surface area contributed by atoms with Crippen LogP contribution in [0.1, 0.15) is 61.6 Å². The van der Waals surface area contributed by atoms with Gasteiger partial charge in [0.1, 0.15) is 17.6 Å². The van der Waals surface area contributed by atoms with Gasteiger partial charge in [0.15, 0.2) is 6.04 Å². The summed E-state index contributed by atoms with van der Waals surface area (Å²) in [5.41, 5.74) is 0.345. The van der Waals surface area contributed by atoms with Gasteiger partial charge in [-0.25, -0.2) is 4.39 Å². The van der Waals surface area contributed by atoms with Crippen molar-refractivity contribution in [2.24, 2.45) is 17.8 Å². The van der Waals surface area contributed by atoms with Crippen LogP contribution in [0.15, 0.2) is 30.5 Å². The zero-order chi connectivity index (χ0) is 30.2. The maximum absolute atomic E-state index is 15.2. The normalized spacial score (nSPS) is 20.1. The number of halogens is 4. The lowest BCUT2D eigenvalue weighted by Crippen LogP contribution is -2.56. The molecular formula is C29H35F4N5O4. The first kappa shape index (κ1) is 30.0. The lowest BCUT2D eigenvalue weighted by Gasteiger charge is -2.36. The molecule has 1 aromatic carbocycles. The van der Waals surface area contributed by atoms with Crippen molar-refractivity contribution in [3.05, 3.63) is 47.5 Å². The molecule has 0 bridgehead atoms. The van der Waals surface area contributed by atoms with Crippen LogP contribution in [-0.2, 0) is 20.7 Å². The molecule has 2 atom stereocenters. The first-order valence-corrected chi connectivity index (χ1v) is 14.3. The Bertz CT molecular complexity index is 1310. The van der Waals surface area contributed by atoms with Gasteiger partial charge in [-0.2, -0.15) is 18.3 Å². The van der Waals surface area contributed by atoms with Crippen molar-refractivity contribution in [2.75, 3.05) is 25.1 Å². The quantitative estimate of drug-likeness (QED) is 0.404. The molecule has 0 radical (unpaired) electrons. The summed E-state index contributed by atoms with van der Waals surface area (Å²) < 4.78 is 61.7. The van der Waals surface area contributed by atoms with Crippen LogP contribution in [0.5, 0.6) is 0 Å². The number of ether oxygens (including phenoxy) is 1. The van der Waals surface area contributed by atoms with Crippen LogP contribution >= 0.6 is 0 Å². The van der Waals surface area contributed by atoms with E-state index in [0.29, 0.717) is 22.4 Å². The first-order chi connectivity index (χ1) is 19.9. The second-order valence-electron chi connectivity index (χ2n) is 11.7. The predicted octanol–water partition coefficient (Wildman–Crippen LogP) is 4.11. The van der Waals surface area contributed by atoms with Gasteiger partial charge in [0, 0.05) is 18.8 Å². The average Bonchev–Trinajstić information content (AvgIpc) is 3.88. The molecule has 9 nitrogen and oxygen atoms in total. The fourth-order valence-electron chi connectivity index (χ4n) is 5.78. The number of carbonyl (C=O) groups excluding carboxylic acids is 3. The van der Waals surface area contributed by atoms with E-state index in [-0.39, 0.29) is 36.4 Å². The number of nitrogens with zero attached hydrogens (tertiary/aromatic N) is 3. The predicted molar refractivity (Wildman–Crippen MR) is 144 cm³/mol. The van der Waals surface area contributed by atoms with Crippen LogP contribution in [0.3, 0.4) is 0 Å². The molecule has 13 heteroatoms. The maximum atomic E-state index is 15.2. The molecular weight excluding hydrogens is 558 g/mol. The number of anilines is 1.